The quantitative estimate of drug-likeness (QED) is 0.781. The first-order valence-corrected chi connectivity index (χ1v) is 6.39. The first kappa shape index (κ1) is 14.5. The summed E-state index contributed by atoms with van der Waals surface area (Å²) in [5.74, 6) is 0.305. The van der Waals surface area contributed by atoms with Gasteiger partial charge in [-0.25, -0.2) is 0 Å². The van der Waals surface area contributed by atoms with Gasteiger partial charge in [0, 0.05) is 23.5 Å². The molecule has 2 heterocycles. The molecule has 5 nitrogen and oxygen atoms in total. The van der Waals surface area contributed by atoms with Crippen LogP contribution >= 0.6 is 11.6 Å². The number of H-pyrrole nitrogens is 1. The van der Waals surface area contributed by atoms with E-state index in [9.17, 15) is 13.2 Å². The standard InChI is InChI=1S/C13H7ClF3N5/c14-11-2-1-7(4-10(11)13(15,16)17)8-3-9(6-18-5-8)12-19-21-22-20-12/h1-6H,(H,19,20,21,22). The lowest BCUT2D eigenvalue weighted by atomic mass is 10.0. The van der Waals surface area contributed by atoms with Crippen molar-refractivity contribution in [1.29, 1.82) is 0 Å². The zero-order valence-electron chi connectivity index (χ0n) is 10.8. The summed E-state index contributed by atoms with van der Waals surface area (Å²) in [5, 5.41) is 13.0. The lowest BCUT2D eigenvalue weighted by molar-refractivity contribution is -0.137. The molecule has 2 aromatic heterocycles. The fraction of sp³-hybridized carbons (Fsp3) is 0.0769. The molecule has 0 aliphatic heterocycles. The second kappa shape index (κ2) is 5.38. The van der Waals surface area contributed by atoms with Crippen molar-refractivity contribution in [3.05, 3.63) is 47.2 Å². The average molecular weight is 326 g/mol. The molecule has 0 aliphatic rings. The van der Waals surface area contributed by atoms with Gasteiger partial charge in [-0.3, -0.25) is 4.98 Å². The van der Waals surface area contributed by atoms with Crippen LogP contribution < -0.4 is 0 Å². The first-order valence-electron chi connectivity index (χ1n) is 6.01. The summed E-state index contributed by atoms with van der Waals surface area (Å²) in [7, 11) is 0. The zero-order valence-corrected chi connectivity index (χ0v) is 11.5. The van der Waals surface area contributed by atoms with Crippen LogP contribution in [0.15, 0.2) is 36.7 Å². The molecule has 1 N–H and O–H groups in total. The largest absolute Gasteiger partial charge is 0.417 e. The predicted molar refractivity (Wildman–Crippen MR) is 72.9 cm³/mol. The van der Waals surface area contributed by atoms with E-state index >= 15 is 0 Å². The maximum Gasteiger partial charge on any atom is 0.417 e. The van der Waals surface area contributed by atoms with Gasteiger partial charge >= 0.3 is 6.18 Å². The maximum absolute atomic E-state index is 12.9. The van der Waals surface area contributed by atoms with Crippen molar-refractivity contribution in [2.75, 3.05) is 0 Å². The number of hydrogen-bond donors (Lipinski definition) is 1. The molecular formula is C13H7ClF3N5. The molecule has 0 spiro atoms. The Bertz CT molecular complexity index is 802. The molecule has 0 aliphatic carbocycles. The van der Waals surface area contributed by atoms with E-state index in [0.29, 0.717) is 22.5 Å². The van der Waals surface area contributed by atoms with Crippen LogP contribution in [-0.4, -0.2) is 25.6 Å². The number of nitrogens with one attached hydrogen (secondary N) is 1. The summed E-state index contributed by atoms with van der Waals surface area (Å²) in [6, 6.07) is 5.32. The molecule has 0 saturated carbocycles. The molecule has 0 unspecified atom stereocenters. The molecule has 1 aromatic carbocycles. The number of pyridine rings is 1. The lowest BCUT2D eigenvalue weighted by Crippen LogP contribution is -2.05. The van der Waals surface area contributed by atoms with Gasteiger partial charge in [0.2, 0.25) is 5.82 Å². The smallest absolute Gasteiger partial charge is 0.263 e. The summed E-state index contributed by atoms with van der Waals surface area (Å²) in [5.41, 5.74) is 0.477. The monoisotopic (exact) mass is 325 g/mol. The number of aromatic nitrogens is 5. The van der Waals surface area contributed by atoms with Gasteiger partial charge in [0.1, 0.15) is 0 Å². The fourth-order valence-corrected chi connectivity index (χ4v) is 2.15. The van der Waals surface area contributed by atoms with E-state index in [1.165, 1.54) is 24.5 Å². The SMILES string of the molecule is FC(F)(F)c1cc(-c2cncc(-c3nn[nH]n3)c2)ccc1Cl. The van der Waals surface area contributed by atoms with Crippen molar-refractivity contribution in [3.8, 4) is 22.5 Å². The first-order chi connectivity index (χ1) is 10.4. The predicted octanol–water partition coefficient (Wildman–Crippen LogP) is 3.60. The van der Waals surface area contributed by atoms with Crippen LogP contribution in [0.5, 0.6) is 0 Å². The van der Waals surface area contributed by atoms with Crippen LogP contribution in [0.4, 0.5) is 13.2 Å². The van der Waals surface area contributed by atoms with Crippen molar-refractivity contribution in [2.45, 2.75) is 6.18 Å². The van der Waals surface area contributed by atoms with E-state index in [1.807, 2.05) is 0 Å². The van der Waals surface area contributed by atoms with Gasteiger partial charge in [-0.2, -0.15) is 18.4 Å². The van der Waals surface area contributed by atoms with E-state index in [0.717, 1.165) is 6.07 Å². The van der Waals surface area contributed by atoms with E-state index in [4.69, 9.17) is 11.6 Å². The van der Waals surface area contributed by atoms with Gasteiger partial charge in [-0.1, -0.05) is 17.7 Å². The third kappa shape index (κ3) is 2.77. The molecule has 3 rings (SSSR count). The molecule has 22 heavy (non-hydrogen) atoms. The van der Waals surface area contributed by atoms with Crippen molar-refractivity contribution in [1.82, 2.24) is 25.6 Å². The summed E-state index contributed by atoms with van der Waals surface area (Å²) < 4.78 is 38.7. The van der Waals surface area contributed by atoms with Crippen LogP contribution in [0.2, 0.25) is 5.02 Å². The second-order valence-electron chi connectivity index (χ2n) is 4.39. The van der Waals surface area contributed by atoms with Crippen molar-refractivity contribution < 1.29 is 13.2 Å². The van der Waals surface area contributed by atoms with Crippen molar-refractivity contribution in [3.63, 3.8) is 0 Å². The highest BCUT2D eigenvalue weighted by molar-refractivity contribution is 6.31. The normalized spacial score (nSPS) is 11.6. The van der Waals surface area contributed by atoms with E-state index in [-0.39, 0.29) is 5.02 Å². The number of tetrazole rings is 1. The van der Waals surface area contributed by atoms with E-state index in [2.05, 4.69) is 25.6 Å². The number of benzene rings is 1. The number of hydrogen-bond acceptors (Lipinski definition) is 4. The number of aromatic amines is 1. The second-order valence-corrected chi connectivity index (χ2v) is 4.80. The van der Waals surface area contributed by atoms with Gasteiger partial charge in [-0.15, -0.1) is 10.2 Å². The third-order valence-corrected chi connectivity index (χ3v) is 3.28. The molecule has 0 atom stereocenters. The average Bonchev–Trinajstić information content (AvgIpc) is 3.01. The van der Waals surface area contributed by atoms with Crippen LogP contribution in [0.3, 0.4) is 0 Å². The van der Waals surface area contributed by atoms with Gasteiger partial charge in [0.25, 0.3) is 0 Å². The Kier molecular flexibility index (Phi) is 3.53. The number of alkyl halides is 3. The summed E-state index contributed by atoms with van der Waals surface area (Å²) in [6.07, 6.45) is -1.58. The molecular weight excluding hydrogens is 319 g/mol. The molecule has 0 bridgehead atoms. The van der Waals surface area contributed by atoms with Crippen molar-refractivity contribution >= 4 is 11.6 Å². The Morgan fingerprint density at radius 1 is 1.00 bits per heavy atom. The highest BCUT2D eigenvalue weighted by Gasteiger charge is 2.33. The fourth-order valence-electron chi connectivity index (χ4n) is 1.93. The van der Waals surface area contributed by atoms with E-state index in [1.54, 1.807) is 6.07 Å². The summed E-state index contributed by atoms with van der Waals surface area (Å²) in [4.78, 5) is 4.00. The Morgan fingerprint density at radius 3 is 2.45 bits per heavy atom. The minimum Gasteiger partial charge on any atom is -0.263 e. The Balaban J connectivity index is 2.07. The Labute approximate surface area is 127 Å². The molecule has 0 amide bonds. The number of rotatable bonds is 2. The van der Waals surface area contributed by atoms with Crippen LogP contribution in [0, 0.1) is 0 Å². The lowest BCUT2D eigenvalue weighted by Gasteiger charge is -2.11. The number of nitrogens with zero attached hydrogens (tertiary/aromatic N) is 4. The summed E-state index contributed by atoms with van der Waals surface area (Å²) >= 11 is 5.61. The minimum absolute atomic E-state index is 0.305. The van der Waals surface area contributed by atoms with Gasteiger partial charge in [0.05, 0.1) is 10.6 Å². The molecule has 0 radical (unpaired) electrons. The van der Waals surface area contributed by atoms with Gasteiger partial charge in [-0.05, 0) is 29.0 Å². The van der Waals surface area contributed by atoms with Crippen molar-refractivity contribution in [2.24, 2.45) is 0 Å². The van der Waals surface area contributed by atoms with Gasteiger partial charge < -0.3 is 0 Å². The maximum atomic E-state index is 12.9. The molecule has 112 valence electrons. The number of halogens is 4. The van der Waals surface area contributed by atoms with Crippen LogP contribution in [0.25, 0.3) is 22.5 Å². The zero-order chi connectivity index (χ0) is 15.7. The summed E-state index contributed by atoms with van der Waals surface area (Å²) in [6.45, 7) is 0. The highest BCUT2D eigenvalue weighted by Crippen LogP contribution is 2.37. The molecule has 0 saturated heterocycles. The van der Waals surface area contributed by atoms with E-state index < -0.39 is 11.7 Å². The minimum atomic E-state index is -4.52. The van der Waals surface area contributed by atoms with Crippen LogP contribution in [0.1, 0.15) is 5.56 Å². The Morgan fingerprint density at radius 2 is 1.77 bits per heavy atom. The molecule has 0 fully saturated rings. The molecule has 9 heteroatoms. The topological polar surface area (TPSA) is 67.3 Å². The highest BCUT2D eigenvalue weighted by atomic mass is 35.5. The third-order valence-electron chi connectivity index (χ3n) is 2.95. The molecule has 3 aromatic rings. The van der Waals surface area contributed by atoms with Gasteiger partial charge in [0.15, 0.2) is 0 Å². The Hall–Kier alpha value is -2.48. The van der Waals surface area contributed by atoms with Crippen LogP contribution in [-0.2, 0) is 6.18 Å².